The van der Waals surface area contributed by atoms with Crippen LogP contribution in [0.15, 0.2) is 18.2 Å². The third-order valence-corrected chi connectivity index (χ3v) is 2.80. The van der Waals surface area contributed by atoms with Crippen LogP contribution in [0, 0.1) is 0 Å². The number of anilines is 1. The van der Waals surface area contributed by atoms with Gasteiger partial charge in [0.25, 0.3) is 0 Å². The van der Waals surface area contributed by atoms with Crippen molar-refractivity contribution in [3.05, 3.63) is 29.3 Å². The molecule has 0 aliphatic carbocycles. The highest BCUT2D eigenvalue weighted by molar-refractivity contribution is 5.48. The highest BCUT2D eigenvalue weighted by Crippen LogP contribution is 2.54. The van der Waals surface area contributed by atoms with Gasteiger partial charge in [0.05, 0.1) is 0 Å². The van der Waals surface area contributed by atoms with Crippen molar-refractivity contribution in [2.45, 2.75) is 37.8 Å². The summed E-state index contributed by atoms with van der Waals surface area (Å²) in [6.45, 7) is 1.55. The number of rotatable bonds is 3. The summed E-state index contributed by atoms with van der Waals surface area (Å²) in [7, 11) is 0. The second kappa shape index (κ2) is 5.14. The van der Waals surface area contributed by atoms with Gasteiger partial charge in [0.1, 0.15) is 0 Å². The van der Waals surface area contributed by atoms with Crippen LogP contribution in [0.1, 0.15) is 24.5 Å². The number of aryl methyl sites for hydroxylation is 1. The van der Waals surface area contributed by atoms with Crippen molar-refractivity contribution < 1.29 is 30.7 Å². The molecule has 1 aromatic carbocycles. The van der Waals surface area contributed by atoms with Crippen LogP contribution >= 0.6 is 0 Å². The van der Waals surface area contributed by atoms with E-state index < -0.39 is 29.1 Å². The standard InChI is InChI=1S/C12H12F7N/c1-2-3-7-6-8(20)4-5-9(7)10(13,11(14,15)16)12(17,18)19/h4-6H,2-3,20H2,1H3. The van der Waals surface area contributed by atoms with Crippen LogP contribution in [0.25, 0.3) is 0 Å². The summed E-state index contributed by atoms with van der Waals surface area (Å²) in [5.41, 5.74) is -1.94. The van der Waals surface area contributed by atoms with E-state index in [0.717, 1.165) is 12.1 Å². The smallest absolute Gasteiger partial charge is 0.399 e. The Morgan fingerprint density at radius 1 is 0.950 bits per heavy atom. The molecular formula is C12H12F7N. The summed E-state index contributed by atoms with van der Waals surface area (Å²) in [6, 6.07) is 2.20. The Morgan fingerprint density at radius 3 is 1.85 bits per heavy atom. The van der Waals surface area contributed by atoms with Gasteiger partial charge in [-0.1, -0.05) is 19.4 Å². The highest BCUT2D eigenvalue weighted by Gasteiger charge is 2.73. The lowest BCUT2D eigenvalue weighted by Gasteiger charge is -2.32. The van der Waals surface area contributed by atoms with E-state index in [1.165, 1.54) is 0 Å². The summed E-state index contributed by atoms with van der Waals surface area (Å²) in [6.07, 6.45) is -12.1. The Hall–Kier alpha value is -1.47. The number of alkyl halides is 7. The van der Waals surface area contributed by atoms with Gasteiger partial charge in [0.2, 0.25) is 0 Å². The van der Waals surface area contributed by atoms with Gasteiger partial charge in [-0.2, -0.15) is 26.3 Å². The maximum absolute atomic E-state index is 14.0. The monoisotopic (exact) mass is 303 g/mol. The molecule has 0 aliphatic rings. The molecule has 1 aromatic rings. The lowest BCUT2D eigenvalue weighted by molar-refractivity contribution is -0.348. The maximum atomic E-state index is 14.0. The first-order valence-electron chi connectivity index (χ1n) is 5.66. The van der Waals surface area contributed by atoms with Gasteiger partial charge < -0.3 is 5.73 Å². The molecule has 0 amide bonds. The van der Waals surface area contributed by atoms with Crippen molar-refractivity contribution in [3.63, 3.8) is 0 Å². The summed E-state index contributed by atoms with van der Waals surface area (Å²) >= 11 is 0. The molecule has 0 saturated carbocycles. The Kier molecular flexibility index (Phi) is 4.26. The van der Waals surface area contributed by atoms with Crippen molar-refractivity contribution in [1.29, 1.82) is 0 Å². The Labute approximate surface area is 110 Å². The van der Waals surface area contributed by atoms with E-state index in [1.807, 2.05) is 0 Å². The van der Waals surface area contributed by atoms with E-state index >= 15 is 0 Å². The van der Waals surface area contributed by atoms with Crippen molar-refractivity contribution >= 4 is 5.69 Å². The van der Waals surface area contributed by atoms with E-state index in [4.69, 9.17) is 5.73 Å². The molecule has 0 saturated heterocycles. The fraction of sp³-hybridized carbons (Fsp3) is 0.500. The molecule has 0 unspecified atom stereocenters. The first-order valence-corrected chi connectivity index (χ1v) is 5.66. The van der Waals surface area contributed by atoms with Gasteiger partial charge in [0.15, 0.2) is 0 Å². The SMILES string of the molecule is CCCc1cc(N)ccc1C(F)(C(F)(F)F)C(F)(F)F. The minimum Gasteiger partial charge on any atom is -0.399 e. The van der Waals surface area contributed by atoms with Crippen LogP contribution in [0.5, 0.6) is 0 Å². The van der Waals surface area contributed by atoms with E-state index in [2.05, 4.69) is 0 Å². The topological polar surface area (TPSA) is 26.0 Å². The number of hydrogen-bond acceptors (Lipinski definition) is 1. The normalized spacial score (nSPS) is 13.6. The van der Waals surface area contributed by atoms with Crippen LogP contribution < -0.4 is 5.73 Å². The summed E-state index contributed by atoms with van der Waals surface area (Å²) in [5, 5.41) is 0. The fourth-order valence-electron chi connectivity index (χ4n) is 1.89. The number of halogens is 7. The van der Waals surface area contributed by atoms with Gasteiger partial charge in [-0.15, -0.1) is 0 Å². The average molecular weight is 303 g/mol. The molecule has 2 N–H and O–H groups in total. The molecule has 0 atom stereocenters. The zero-order valence-electron chi connectivity index (χ0n) is 10.4. The first-order chi connectivity index (χ1) is 8.95. The molecular weight excluding hydrogens is 291 g/mol. The highest BCUT2D eigenvalue weighted by atomic mass is 19.4. The first kappa shape index (κ1) is 16.6. The lowest BCUT2D eigenvalue weighted by atomic mass is 9.88. The second-order valence-electron chi connectivity index (χ2n) is 4.32. The van der Waals surface area contributed by atoms with Gasteiger partial charge in [-0.05, 0) is 24.1 Å². The van der Waals surface area contributed by atoms with Crippen molar-refractivity contribution in [2.75, 3.05) is 5.73 Å². The van der Waals surface area contributed by atoms with Crippen LogP contribution in [0.4, 0.5) is 36.4 Å². The Bertz CT molecular complexity index is 462. The summed E-state index contributed by atoms with van der Waals surface area (Å²) < 4.78 is 90.0. The van der Waals surface area contributed by atoms with Gasteiger partial charge in [-0.3, -0.25) is 0 Å². The van der Waals surface area contributed by atoms with Crippen molar-refractivity contribution in [3.8, 4) is 0 Å². The molecule has 8 heteroatoms. The van der Waals surface area contributed by atoms with Crippen LogP contribution in [-0.4, -0.2) is 12.4 Å². The van der Waals surface area contributed by atoms with Gasteiger partial charge in [-0.25, -0.2) is 4.39 Å². The zero-order valence-corrected chi connectivity index (χ0v) is 10.4. The molecule has 0 radical (unpaired) electrons. The Morgan fingerprint density at radius 2 is 1.45 bits per heavy atom. The minimum absolute atomic E-state index is 0.0242. The predicted octanol–water partition coefficient (Wildman–Crippen LogP) is 4.51. The van der Waals surface area contributed by atoms with Crippen molar-refractivity contribution in [1.82, 2.24) is 0 Å². The number of nitrogen functional groups attached to an aromatic ring is 1. The minimum atomic E-state index is -6.11. The third kappa shape index (κ3) is 2.69. The molecule has 1 nitrogen and oxygen atoms in total. The predicted molar refractivity (Wildman–Crippen MR) is 59.7 cm³/mol. The van der Waals surface area contributed by atoms with E-state index in [1.54, 1.807) is 6.92 Å². The molecule has 0 bridgehead atoms. The molecule has 0 aliphatic heterocycles. The van der Waals surface area contributed by atoms with Crippen LogP contribution in [0.2, 0.25) is 0 Å². The fourth-order valence-corrected chi connectivity index (χ4v) is 1.89. The van der Waals surface area contributed by atoms with Gasteiger partial charge in [0, 0.05) is 11.3 Å². The summed E-state index contributed by atoms with van der Waals surface area (Å²) in [5.74, 6) is 0. The quantitative estimate of drug-likeness (QED) is 0.645. The van der Waals surface area contributed by atoms with E-state index in [0.29, 0.717) is 6.07 Å². The number of hydrogen-bond donors (Lipinski definition) is 1. The van der Waals surface area contributed by atoms with E-state index in [9.17, 15) is 30.7 Å². The molecule has 0 spiro atoms. The lowest BCUT2D eigenvalue weighted by Crippen LogP contribution is -2.51. The maximum Gasteiger partial charge on any atom is 0.435 e. The molecule has 20 heavy (non-hydrogen) atoms. The van der Waals surface area contributed by atoms with Gasteiger partial charge >= 0.3 is 18.0 Å². The second-order valence-corrected chi connectivity index (χ2v) is 4.32. The molecule has 0 fully saturated rings. The molecule has 0 heterocycles. The zero-order chi connectivity index (χ0) is 15.8. The number of nitrogens with two attached hydrogens (primary N) is 1. The van der Waals surface area contributed by atoms with E-state index in [-0.39, 0.29) is 18.5 Å². The summed E-state index contributed by atoms with van der Waals surface area (Å²) in [4.78, 5) is 0. The molecule has 1 rings (SSSR count). The number of benzene rings is 1. The van der Waals surface area contributed by atoms with Crippen LogP contribution in [0.3, 0.4) is 0 Å². The van der Waals surface area contributed by atoms with Crippen molar-refractivity contribution in [2.24, 2.45) is 0 Å². The Balaban J connectivity index is 3.59. The molecule has 0 aromatic heterocycles. The largest absolute Gasteiger partial charge is 0.435 e. The molecule has 114 valence electrons. The van der Waals surface area contributed by atoms with Crippen LogP contribution in [-0.2, 0) is 12.1 Å². The third-order valence-electron chi connectivity index (χ3n) is 2.80. The average Bonchev–Trinajstić information content (AvgIpc) is 2.25.